The minimum Gasteiger partial charge on any atom is -0.453 e. The van der Waals surface area contributed by atoms with Crippen LogP contribution in [0.3, 0.4) is 0 Å². The Balaban J connectivity index is 2.48. The Morgan fingerprint density at radius 1 is 1.11 bits per heavy atom. The van der Waals surface area contributed by atoms with E-state index in [1.807, 2.05) is 6.07 Å². The minimum absolute atomic E-state index is 0.0678. The zero-order chi connectivity index (χ0) is 13.1. The second-order valence-corrected chi connectivity index (χ2v) is 4.41. The number of halogens is 3. The third-order valence-corrected chi connectivity index (χ3v) is 2.99. The zero-order valence-corrected chi connectivity index (χ0v) is 11.1. The van der Waals surface area contributed by atoms with Gasteiger partial charge in [0.1, 0.15) is 17.4 Å². The second-order valence-electron chi connectivity index (χ2n) is 3.24. The van der Waals surface area contributed by atoms with E-state index in [4.69, 9.17) is 44.8 Å². The molecule has 1 aromatic carbocycles. The van der Waals surface area contributed by atoms with Gasteiger partial charge in [-0.25, -0.2) is 4.98 Å². The van der Waals surface area contributed by atoms with Crippen molar-refractivity contribution in [2.75, 3.05) is 0 Å². The van der Waals surface area contributed by atoms with Crippen molar-refractivity contribution in [1.82, 2.24) is 4.98 Å². The molecule has 0 saturated carbocycles. The summed E-state index contributed by atoms with van der Waals surface area (Å²) in [6, 6.07) is 8.41. The highest BCUT2D eigenvalue weighted by Gasteiger charge is 2.13. The number of rotatable bonds is 2. The predicted octanol–water partition coefficient (Wildman–Crippen LogP) is 4.71. The molecule has 0 aliphatic carbocycles. The van der Waals surface area contributed by atoms with Gasteiger partial charge in [0.05, 0.1) is 10.0 Å². The van der Waals surface area contributed by atoms with E-state index in [1.54, 1.807) is 18.2 Å². The highest BCUT2D eigenvalue weighted by Crippen LogP contribution is 2.37. The lowest BCUT2D eigenvalue weighted by Crippen LogP contribution is -1.92. The van der Waals surface area contributed by atoms with Crippen molar-refractivity contribution in [3.8, 4) is 17.6 Å². The molecule has 2 rings (SSSR count). The first-order chi connectivity index (χ1) is 8.63. The van der Waals surface area contributed by atoms with Gasteiger partial charge in [-0.2, -0.15) is 5.26 Å². The molecule has 0 spiro atoms. The molecule has 0 aliphatic heterocycles. The van der Waals surface area contributed by atoms with Gasteiger partial charge in [-0.05, 0) is 12.1 Å². The van der Waals surface area contributed by atoms with Crippen molar-refractivity contribution >= 4 is 34.8 Å². The number of para-hydroxylation sites is 1. The van der Waals surface area contributed by atoms with Crippen LogP contribution in [0.1, 0.15) is 5.56 Å². The number of hydrogen-bond donors (Lipinski definition) is 0. The van der Waals surface area contributed by atoms with E-state index in [-0.39, 0.29) is 22.2 Å². The molecular weight excluding hydrogens is 295 g/mol. The Kier molecular flexibility index (Phi) is 3.93. The first-order valence-electron chi connectivity index (χ1n) is 4.80. The van der Waals surface area contributed by atoms with Crippen LogP contribution in [-0.2, 0) is 0 Å². The monoisotopic (exact) mass is 298 g/mol. The van der Waals surface area contributed by atoms with Crippen molar-refractivity contribution in [1.29, 1.82) is 5.26 Å². The van der Waals surface area contributed by atoms with Crippen LogP contribution in [0.2, 0.25) is 15.2 Å². The SMILES string of the molecule is N#Cc1c(Oc2c(Cl)cccc2Cl)ccnc1Cl. The van der Waals surface area contributed by atoms with Gasteiger partial charge in [-0.15, -0.1) is 0 Å². The molecule has 1 aromatic heterocycles. The second kappa shape index (κ2) is 5.45. The van der Waals surface area contributed by atoms with E-state index >= 15 is 0 Å². The van der Waals surface area contributed by atoms with E-state index in [9.17, 15) is 0 Å². The Morgan fingerprint density at radius 2 is 1.78 bits per heavy atom. The lowest BCUT2D eigenvalue weighted by atomic mass is 10.3. The van der Waals surface area contributed by atoms with E-state index in [1.165, 1.54) is 12.3 Å². The van der Waals surface area contributed by atoms with Crippen molar-refractivity contribution < 1.29 is 4.74 Å². The van der Waals surface area contributed by atoms with E-state index < -0.39 is 0 Å². The highest BCUT2D eigenvalue weighted by atomic mass is 35.5. The summed E-state index contributed by atoms with van der Waals surface area (Å²) in [6.07, 6.45) is 1.43. The van der Waals surface area contributed by atoms with Gasteiger partial charge in [0.2, 0.25) is 0 Å². The van der Waals surface area contributed by atoms with Crippen LogP contribution >= 0.6 is 34.8 Å². The summed E-state index contributed by atoms with van der Waals surface area (Å²) in [7, 11) is 0. The summed E-state index contributed by atoms with van der Waals surface area (Å²) < 4.78 is 5.53. The molecule has 0 saturated heterocycles. The van der Waals surface area contributed by atoms with E-state index in [2.05, 4.69) is 4.98 Å². The topological polar surface area (TPSA) is 45.9 Å². The van der Waals surface area contributed by atoms with Crippen molar-refractivity contribution in [3.05, 3.63) is 51.2 Å². The summed E-state index contributed by atoms with van der Waals surface area (Å²) in [5.41, 5.74) is 0.134. The summed E-state index contributed by atoms with van der Waals surface area (Å²) in [5.74, 6) is 0.534. The van der Waals surface area contributed by atoms with Crippen LogP contribution in [-0.4, -0.2) is 4.98 Å². The number of nitriles is 1. The summed E-state index contributed by atoms with van der Waals surface area (Å²) in [5, 5.41) is 9.76. The normalized spacial score (nSPS) is 9.89. The third-order valence-electron chi connectivity index (χ3n) is 2.11. The molecule has 6 heteroatoms. The molecule has 0 atom stereocenters. The van der Waals surface area contributed by atoms with Crippen LogP contribution < -0.4 is 4.74 Å². The number of nitrogens with zero attached hydrogens (tertiary/aromatic N) is 2. The summed E-state index contributed by atoms with van der Waals surface area (Å²) >= 11 is 17.7. The Morgan fingerprint density at radius 3 is 2.39 bits per heavy atom. The molecule has 0 fully saturated rings. The van der Waals surface area contributed by atoms with Crippen molar-refractivity contribution in [2.45, 2.75) is 0 Å². The number of aromatic nitrogens is 1. The van der Waals surface area contributed by atoms with Crippen LogP contribution in [0.25, 0.3) is 0 Å². The lowest BCUT2D eigenvalue weighted by Gasteiger charge is -2.10. The number of pyridine rings is 1. The van der Waals surface area contributed by atoms with Crippen molar-refractivity contribution in [2.24, 2.45) is 0 Å². The largest absolute Gasteiger partial charge is 0.453 e. The maximum atomic E-state index is 9.00. The van der Waals surface area contributed by atoms with Gasteiger partial charge in [0.15, 0.2) is 10.9 Å². The number of benzene rings is 1. The molecule has 0 aliphatic rings. The average Bonchev–Trinajstić information content (AvgIpc) is 2.34. The Labute approximate surface area is 118 Å². The lowest BCUT2D eigenvalue weighted by molar-refractivity contribution is 0.481. The highest BCUT2D eigenvalue weighted by molar-refractivity contribution is 6.37. The number of hydrogen-bond acceptors (Lipinski definition) is 3. The number of ether oxygens (including phenoxy) is 1. The van der Waals surface area contributed by atoms with Gasteiger partial charge in [-0.1, -0.05) is 40.9 Å². The van der Waals surface area contributed by atoms with Crippen LogP contribution in [0.4, 0.5) is 0 Å². The summed E-state index contributed by atoms with van der Waals surface area (Å²) in [6.45, 7) is 0. The van der Waals surface area contributed by atoms with Gasteiger partial charge >= 0.3 is 0 Å². The average molecular weight is 300 g/mol. The van der Waals surface area contributed by atoms with E-state index in [0.29, 0.717) is 10.0 Å². The molecular formula is C12H5Cl3N2O. The fourth-order valence-electron chi connectivity index (χ4n) is 1.30. The molecule has 0 radical (unpaired) electrons. The molecule has 3 nitrogen and oxygen atoms in total. The Bertz CT molecular complexity index is 617. The van der Waals surface area contributed by atoms with Crippen LogP contribution in [0.15, 0.2) is 30.5 Å². The fraction of sp³-hybridized carbons (Fsp3) is 0. The van der Waals surface area contributed by atoms with E-state index in [0.717, 1.165) is 0 Å². The maximum Gasteiger partial charge on any atom is 0.164 e. The maximum absolute atomic E-state index is 9.00. The quantitative estimate of drug-likeness (QED) is 0.755. The van der Waals surface area contributed by atoms with Gasteiger partial charge in [0.25, 0.3) is 0 Å². The zero-order valence-electron chi connectivity index (χ0n) is 8.82. The summed E-state index contributed by atoms with van der Waals surface area (Å²) in [4.78, 5) is 3.79. The molecule has 1 heterocycles. The van der Waals surface area contributed by atoms with Crippen LogP contribution in [0.5, 0.6) is 11.5 Å². The molecule has 90 valence electrons. The van der Waals surface area contributed by atoms with Gasteiger partial charge in [0, 0.05) is 12.3 Å². The van der Waals surface area contributed by atoms with Gasteiger partial charge < -0.3 is 4.74 Å². The Hall–Kier alpha value is -1.47. The van der Waals surface area contributed by atoms with Crippen LogP contribution in [0, 0.1) is 11.3 Å². The standard InChI is InChI=1S/C12H5Cl3N2O/c13-8-2-1-3-9(14)11(8)18-10-4-5-17-12(15)7(10)6-16/h1-5H. The predicted molar refractivity (Wildman–Crippen MR) is 70.5 cm³/mol. The molecule has 18 heavy (non-hydrogen) atoms. The first-order valence-corrected chi connectivity index (χ1v) is 5.93. The molecule has 0 bridgehead atoms. The molecule has 0 unspecified atom stereocenters. The smallest absolute Gasteiger partial charge is 0.164 e. The van der Waals surface area contributed by atoms with Crippen molar-refractivity contribution in [3.63, 3.8) is 0 Å². The molecule has 0 N–H and O–H groups in total. The third kappa shape index (κ3) is 2.51. The molecule has 2 aromatic rings. The molecule has 0 amide bonds. The van der Waals surface area contributed by atoms with Gasteiger partial charge in [-0.3, -0.25) is 0 Å². The fourth-order valence-corrected chi connectivity index (χ4v) is 1.96. The minimum atomic E-state index is 0.0678. The first kappa shape index (κ1) is 13.0.